The van der Waals surface area contributed by atoms with Gasteiger partial charge in [0.15, 0.2) is 11.3 Å². The summed E-state index contributed by atoms with van der Waals surface area (Å²) < 4.78 is 52.3. The molecule has 22 heavy (non-hydrogen) atoms. The van der Waals surface area contributed by atoms with Crippen molar-refractivity contribution in [2.24, 2.45) is 0 Å². The van der Waals surface area contributed by atoms with Gasteiger partial charge in [-0.2, -0.15) is 22.8 Å². The Labute approximate surface area is 121 Å². The average molecular weight is 306 g/mol. The monoisotopic (exact) mass is 306 g/mol. The van der Waals surface area contributed by atoms with Gasteiger partial charge in [-0.25, -0.2) is 9.97 Å². The molecule has 0 fully saturated rings. The molecule has 8 heteroatoms. The van der Waals surface area contributed by atoms with Gasteiger partial charge in [-0.15, -0.1) is 0 Å². The molecule has 3 aromatic rings. The van der Waals surface area contributed by atoms with Gasteiger partial charge in [0.1, 0.15) is 11.8 Å². The van der Waals surface area contributed by atoms with Crippen LogP contribution >= 0.6 is 0 Å². The summed E-state index contributed by atoms with van der Waals surface area (Å²) in [6, 6.07) is 5.98. The molecule has 1 aromatic carbocycles. The van der Waals surface area contributed by atoms with Gasteiger partial charge < -0.3 is 0 Å². The smallest absolute Gasteiger partial charge is 0.272 e. The maximum Gasteiger partial charge on any atom is 0.416 e. The van der Waals surface area contributed by atoms with Crippen LogP contribution in [0.2, 0.25) is 0 Å². The van der Waals surface area contributed by atoms with Gasteiger partial charge in [0.2, 0.25) is 5.95 Å². The number of hydrogen-bond donors (Lipinski definition) is 0. The number of nitriles is 1. The Morgan fingerprint density at radius 3 is 2.41 bits per heavy atom. The zero-order valence-electron chi connectivity index (χ0n) is 10.8. The van der Waals surface area contributed by atoms with Gasteiger partial charge in [-0.1, -0.05) is 12.1 Å². The molecule has 0 N–H and O–H groups in total. The van der Waals surface area contributed by atoms with E-state index in [-0.39, 0.29) is 17.0 Å². The van der Waals surface area contributed by atoms with E-state index >= 15 is 0 Å². The largest absolute Gasteiger partial charge is 0.416 e. The number of benzene rings is 1. The lowest BCUT2D eigenvalue weighted by molar-refractivity contribution is -0.137. The minimum atomic E-state index is -4.45. The summed E-state index contributed by atoms with van der Waals surface area (Å²) in [6.07, 6.45) is -2.33. The predicted molar refractivity (Wildman–Crippen MR) is 68.1 cm³/mol. The Kier molecular flexibility index (Phi) is 3.06. The van der Waals surface area contributed by atoms with Crippen LogP contribution < -0.4 is 0 Å². The van der Waals surface area contributed by atoms with Crippen molar-refractivity contribution in [3.05, 3.63) is 53.9 Å². The molecule has 2 heterocycles. The summed E-state index contributed by atoms with van der Waals surface area (Å²) >= 11 is 0. The summed E-state index contributed by atoms with van der Waals surface area (Å²) in [6.45, 7) is 0. The summed E-state index contributed by atoms with van der Waals surface area (Å²) in [7, 11) is 0. The molecule has 2 aromatic heterocycles. The van der Waals surface area contributed by atoms with Crippen molar-refractivity contribution in [1.82, 2.24) is 14.4 Å². The van der Waals surface area contributed by atoms with Crippen LogP contribution in [0.4, 0.5) is 17.6 Å². The Hall–Kier alpha value is -2.95. The van der Waals surface area contributed by atoms with Crippen LogP contribution in [0.1, 0.15) is 11.3 Å². The number of aromatic nitrogens is 3. The van der Waals surface area contributed by atoms with Crippen LogP contribution in [0, 0.1) is 17.3 Å². The molecule has 0 aliphatic heterocycles. The molecule has 110 valence electrons. The third-order valence-corrected chi connectivity index (χ3v) is 3.05. The van der Waals surface area contributed by atoms with E-state index < -0.39 is 17.7 Å². The van der Waals surface area contributed by atoms with Gasteiger partial charge >= 0.3 is 6.18 Å². The van der Waals surface area contributed by atoms with Crippen LogP contribution in [0.5, 0.6) is 0 Å². The molecule has 4 nitrogen and oxygen atoms in total. The van der Waals surface area contributed by atoms with Crippen molar-refractivity contribution < 1.29 is 17.6 Å². The minimum Gasteiger partial charge on any atom is -0.272 e. The fraction of sp³-hybridized carbons (Fsp3) is 0.0714. The van der Waals surface area contributed by atoms with Gasteiger partial charge in [-0.3, -0.25) is 4.40 Å². The fourth-order valence-electron chi connectivity index (χ4n) is 2.02. The van der Waals surface area contributed by atoms with E-state index in [1.807, 2.05) is 0 Å². The van der Waals surface area contributed by atoms with E-state index in [1.165, 1.54) is 18.3 Å². The molecule has 0 bridgehead atoms. The van der Waals surface area contributed by atoms with Crippen LogP contribution in [-0.2, 0) is 6.18 Å². The molecule has 0 saturated carbocycles. The van der Waals surface area contributed by atoms with Crippen molar-refractivity contribution >= 4 is 5.65 Å². The molecule has 0 aliphatic carbocycles. The number of halogens is 4. The van der Waals surface area contributed by atoms with Crippen molar-refractivity contribution in [1.29, 1.82) is 5.26 Å². The minimum absolute atomic E-state index is 0.0701. The molecule has 3 rings (SSSR count). The van der Waals surface area contributed by atoms with Crippen LogP contribution in [-0.4, -0.2) is 14.4 Å². The van der Waals surface area contributed by atoms with Crippen LogP contribution in [0.3, 0.4) is 0 Å². The highest BCUT2D eigenvalue weighted by Crippen LogP contribution is 2.31. The number of rotatable bonds is 1. The summed E-state index contributed by atoms with van der Waals surface area (Å²) in [5.74, 6) is -0.693. The highest BCUT2D eigenvalue weighted by atomic mass is 19.4. The third kappa shape index (κ3) is 2.26. The number of imidazole rings is 1. The first-order chi connectivity index (χ1) is 10.4. The first kappa shape index (κ1) is 14.0. The fourth-order valence-corrected chi connectivity index (χ4v) is 2.02. The second-order valence-corrected chi connectivity index (χ2v) is 4.44. The van der Waals surface area contributed by atoms with E-state index in [1.54, 1.807) is 6.07 Å². The Bertz CT molecular complexity index is 888. The maximum atomic E-state index is 13.6. The number of fused-ring (bicyclic) bond motifs is 1. The van der Waals surface area contributed by atoms with Gasteiger partial charge in [0.05, 0.1) is 11.8 Å². The van der Waals surface area contributed by atoms with Gasteiger partial charge in [0, 0.05) is 11.8 Å². The second kappa shape index (κ2) is 4.80. The van der Waals surface area contributed by atoms with Gasteiger partial charge in [-0.05, 0) is 12.1 Å². The van der Waals surface area contributed by atoms with Crippen LogP contribution in [0.25, 0.3) is 16.9 Å². The van der Waals surface area contributed by atoms with Crippen molar-refractivity contribution in [2.75, 3.05) is 0 Å². The third-order valence-electron chi connectivity index (χ3n) is 3.05. The Morgan fingerprint density at radius 2 is 1.82 bits per heavy atom. The molecule has 0 amide bonds. The Morgan fingerprint density at radius 1 is 1.14 bits per heavy atom. The van der Waals surface area contributed by atoms with E-state index in [0.29, 0.717) is 5.56 Å². The predicted octanol–water partition coefficient (Wildman–Crippen LogP) is 3.43. The first-order valence-corrected chi connectivity index (χ1v) is 6.01. The zero-order valence-corrected chi connectivity index (χ0v) is 10.8. The lowest BCUT2D eigenvalue weighted by Gasteiger charge is -2.08. The SMILES string of the molecule is N#Cc1cn2c(F)cnc2c(-c2ccc(C(F)(F)F)cc2)n1. The van der Waals surface area contributed by atoms with E-state index in [4.69, 9.17) is 5.26 Å². The van der Waals surface area contributed by atoms with Crippen molar-refractivity contribution in [3.8, 4) is 17.3 Å². The van der Waals surface area contributed by atoms with Crippen molar-refractivity contribution in [3.63, 3.8) is 0 Å². The van der Waals surface area contributed by atoms with Crippen LogP contribution in [0.15, 0.2) is 36.7 Å². The molecule has 0 unspecified atom stereocenters. The summed E-state index contributed by atoms with van der Waals surface area (Å²) in [4.78, 5) is 7.84. The van der Waals surface area contributed by atoms with E-state index in [0.717, 1.165) is 22.7 Å². The lowest BCUT2D eigenvalue weighted by Crippen LogP contribution is -2.04. The molecule has 0 aliphatic rings. The Balaban J connectivity index is 2.20. The average Bonchev–Trinajstić information content (AvgIpc) is 2.87. The summed E-state index contributed by atoms with van der Waals surface area (Å²) in [5.41, 5.74) is -0.314. The molecule has 0 spiro atoms. The normalized spacial score (nSPS) is 11.6. The molecule has 0 radical (unpaired) electrons. The zero-order chi connectivity index (χ0) is 15.9. The molecular formula is C14H6F4N4. The van der Waals surface area contributed by atoms with E-state index in [2.05, 4.69) is 9.97 Å². The lowest BCUT2D eigenvalue weighted by atomic mass is 10.1. The first-order valence-electron chi connectivity index (χ1n) is 6.01. The second-order valence-electron chi connectivity index (χ2n) is 4.44. The topological polar surface area (TPSA) is 54.0 Å². The molecular weight excluding hydrogens is 300 g/mol. The van der Waals surface area contributed by atoms with Crippen molar-refractivity contribution in [2.45, 2.75) is 6.18 Å². The highest BCUT2D eigenvalue weighted by molar-refractivity contribution is 5.74. The quantitative estimate of drug-likeness (QED) is 0.647. The standard InChI is InChI=1S/C14H6F4N4/c15-11-6-20-13-12(21-10(5-19)7-22(11)13)8-1-3-9(4-2-8)14(16,17)18/h1-4,6-7H. The highest BCUT2D eigenvalue weighted by Gasteiger charge is 2.30. The number of nitrogens with zero attached hydrogens (tertiary/aromatic N) is 4. The maximum absolute atomic E-state index is 13.6. The molecule has 0 saturated heterocycles. The summed E-state index contributed by atoms with van der Waals surface area (Å²) in [5, 5.41) is 8.93. The number of alkyl halides is 3. The van der Waals surface area contributed by atoms with E-state index in [9.17, 15) is 17.6 Å². The molecule has 0 atom stereocenters. The number of hydrogen-bond acceptors (Lipinski definition) is 3. The van der Waals surface area contributed by atoms with Gasteiger partial charge in [0.25, 0.3) is 0 Å².